The normalized spacial score (nSPS) is 11.1. The van der Waals surface area contributed by atoms with Crippen LogP contribution in [0.1, 0.15) is 43.7 Å². The zero-order chi connectivity index (χ0) is 20.5. The van der Waals surface area contributed by atoms with E-state index in [2.05, 4.69) is 13.0 Å². The van der Waals surface area contributed by atoms with E-state index in [0.29, 0.717) is 39.1 Å². The largest absolute Gasteiger partial charge is 0.490 e. The van der Waals surface area contributed by atoms with E-state index in [4.69, 9.17) is 27.9 Å². The number of allylic oxidation sites excluding steroid dienone is 1. The Morgan fingerprint density at radius 2 is 1.82 bits per heavy atom. The molecule has 0 atom stereocenters. The van der Waals surface area contributed by atoms with Gasteiger partial charge in [-0.3, -0.25) is 10.1 Å². The van der Waals surface area contributed by atoms with Crippen LogP contribution in [0.4, 0.5) is 5.69 Å². The van der Waals surface area contributed by atoms with Crippen molar-refractivity contribution in [3.8, 4) is 11.8 Å². The molecule has 0 bridgehead atoms. The van der Waals surface area contributed by atoms with Gasteiger partial charge >= 0.3 is 0 Å². The van der Waals surface area contributed by atoms with E-state index >= 15 is 0 Å². The van der Waals surface area contributed by atoms with Gasteiger partial charge in [-0.15, -0.1) is 0 Å². The van der Waals surface area contributed by atoms with Crippen LogP contribution in [0.5, 0.6) is 5.75 Å². The first-order chi connectivity index (χ1) is 13.5. The summed E-state index contributed by atoms with van der Waals surface area (Å²) in [6.07, 6.45) is 5.96. The number of nitro benzene ring substituents is 1. The zero-order valence-corrected chi connectivity index (χ0v) is 17.0. The monoisotopic (exact) mass is 418 g/mol. The van der Waals surface area contributed by atoms with Gasteiger partial charge in [-0.25, -0.2) is 0 Å². The molecular weight excluding hydrogens is 399 g/mol. The second-order valence-electron chi connectivity index (χ2n) is 6.20. The number of hydrogen-bond acceptors (Lipinski definition) is 4. The van der Waals surface area contributed by atoms with Crippen LogP contribution < -0.4 is 4.74 Å². The van der Waals surface area contributed by atoms with E-state index in [0.717, 1.165) is 25.7 Å². The highest BCUT2D eigenvalue weighted by atomic mass is 35.5. The lowest BCUT2D eigenvalue weighted by atomic mass is 10.0. The highest BCUT2D eigenvalue weighted by molar-refractivity contribution is 6.37. The molecule has 2 aromatic carbocycles. The van der Waals surface area contributed by atoms with Gasteiger partial charge in [0.05, 0.1) is 33.2 Å². The predicted molar refractivity (Wildman–Crippen MR) is 113 cm³/mol. The number of rotatable bonds is 9. The Bertz CT molecular complexity index is 880. The number of ether oxygens (including phenoxy) is 1. The minimum atomic E-state index is -0.486. The first-order valence-corrected chi connectivity index (χ1v) is 9.70. The van der Waals surface area contributed by atoms with E-state index < -0.39 is 4.92 Å². The van der Waals surface area contributed by atoms with Crippen LogP contribution in [0.3, 0.4) is 0 Å². The summed E-state index contributed by atoms with van der Waals surface area (Å²) < 4.78 is 5.71. The van der Waals surface area contributed by atoms with Gasteiger partial charge in [0.1, 0.15) is 0 Å². The van der Waals surface area contributed by atoms with E-state index in [1.54, 1.807) is 18.2 Å². The molecule has 28 heavy (non-hydrogen) atoms. The number of halogens is 2. The minimum Gasteiger partial charge on any atom is -0.490 e. The average molecular weight is 419 g/mol. The highest BCUT2D eigenvalue weighted by Crippen LogP contribution is 2.35. The summed E-state index contributed by atoms with van der Waals surface area (Å²) >= 11 is 12.6. The number of nitriles is 1. The lowest BCUT2D eigenvalue weighted by molar-refractivity contribution is -0.384. The van der Waals surface area contributed by atoms with E-state index in [9.17, 15) is 15.4 Å². The highest BCUT2D eigenvalue weighted by Gasteiger charge is 2.11. The van der Waals surface area contributed by atoms with Crippen molar-refractivity contribution in [2.24, 2.45) is 0 Å². The summed E-state index contributed by atoms with van der Waals surface area (Å²) in [4.78, 5) is 10.3. The van der Waals surface area contributed by atoms with E-state index in [1.807, 2.05) is 0 Å². The molecule has 0 aliphatic carbocycles. The quantitative estimate of drug-likeness (QED) is 0.145. The van der Waals surface area contributed by atoms with Crippen LogP contribution in [0.25, 0.3) is 11.6 Å². The van der Waals surface area contributed by atoms with Gasteiger partial charge in [0.25, 0.3) is 5.69 Å². The maximum atomic E-state index is 10.8. The van der Waals surface area contributed by atoms with Crippen LogP contribution in [-0.4, -0.2) is 11.5 Å². The lowest BCUT2D eigenvalue weighted by Gasteiger charge is -2.11. The smallest absolute Gasteiger partial charge is 0.269 e. The first-order valence-electron chi connectivity index (χ1n) is 8.94. The fraction of sp³-hybridized carbons (Fsp3) is 0.286. The Morgan fingerprint density at radius 1 is 1.18 bits per heavy atom. The molecule has 7 heteroatoms. The summed E-state index contributed by atoms with van der Waals surface area (Å²) in [5, 5.41) is 21.0. The van der Waals surface area contributed by atoms with Crippen molar-refractivity contribution in [1.29, 1.82) is 5.26 Å². The minimum absolute atomic E-state index is 0.0347. The van der Waals surface area contributed by atoms with Crippen LogP contribution in [0.15, 0.2) is 36.4 Å². The topological polar surface area (TPSA) is 76.2 Å². The molecule has 0 aliphatic heterocycles. The number of unbranched alkanes of at least 4 members (excludes halogenated alkanes) is 3. The zero-order valence-electron chi connectivity index (χ0n) is 15.5. The molecule has 0 spiro atoms. The molecule has 0 heterocycles. The fourth-order valence-electron chi connectivity index (χ4n) is 2.61. The molecule has 0 unspecified atom stereocenters. The molecule has 0 saturated carbocycles. The maximum Gasteiger partial charge on any atom is 0.269 e. The SMILES string of the molecule is CCCCCCOc1c(Cl)cc(/C=C(\C#N)c2ccc([N+](=O)[O-])cc2)cc1Cl. The van der Waals surface area contributed by atoms with Gasteiger partial charge in [0.2, 0.25) is 0 Å². The third kappa shape index (κ3) is 5.98. The Labute approximate surface area is 174 Å². The third-order valence-corrected chi connectivity index (χ3v) is 4.65. The Hall–Kier alpha value is -2.55. The molecule has 0 aromatic heterocycles. The van der Waals surface area contributed by atoms with E-state index in [1.165, 1.54) is 24.3 Å². The Morgan fingerprint density at radius 3 is 2.36 bits per heavy atom. The van der Waals surface area contributed by atoms with Crippen molar-refractivity contribution >= 4 is 40.5 Å². The lowest BCUT2D eigenvalue weighted by Crippen LogP contribution is -1.99. The van der Waals surface area contributed by atoms with Gasteiger partial charge in [-0.2, -0.15) is 5.26 Å². The van der Waals surface area contributed by atoms with Gasteiger partial charge < -0.3 is 4.74 Å². The Kier molecular flexibility index (Phi) is 8.31. The number of benzene rings is 2. The third-order valence-electron chi connectivity index (χ3n) is 4.09. The maximum absolute atomic E-state index is 10.8. The van der Waals surface area contributed by atoms with Crippen LogP contribution in [0, 0.1) is 21.4 Å². The van der Waals surface area contributed by atoms with Crippen molar-refractivity contribution in [2.75, 3.05) is 6.61 Å². The number of non-ortho nitro benzene ring substituents is 1. The first kappa shape index (κ1) is 21.7. The predicted octanol–water partition coefficient (Wildman–Crippen LogP) is 6.92. The molecule has 5 nitrogen and oxygen atoms in total. The molecule has 2 aromatic rings. The summed E-state index contributed by atoms with van der Waals surface area (Å²) in [5.74, 6) is 0.436. The Balaban J connectivity index is 2.19. The second-order valence-corrected chi connectivity index (χ2v) is 7.01. The summed E-state index contributed by atoms with van der Waals surface area (Å²) in [6, 6.07) is 11.2. The standard InChI is InChI=1S/C21H20Cl2N2O3/c1-2-3-4-5-10-28-21-19(22)12-15(13-20(21)23)11-17(14-24)16-6-8-18(9-7-16)25(26)27/h6-9,11-13H,2-5,10H2,1H3/b17-11+. The van der Waals surface area contributed by atoms with Crippen LogP contribution >= 0.6 is 23.2 Å². The fourth-order valence-corrected chi connectivity index (χ4v) is 3.23. The molecule has 0 fully saturated rings. The van der Waals surface area contributed by atoms with Gasteiger partial charge in [-0.05, 0) is 47.9 Å². The summed E-state index contributed by atoms with van der Waals surface area (Å²) in [5.41, 5.74) is 1.52. The van der Waals surface area contributed by atoms with Crippen LogP contribution in [0.2, 0.25) is 10.0 Å². The van der Waals surface area contributed by atoms with Gasteiger partial charge in [0.15, 0.2) is 5.75 Å². The molecule has 0 amide bonds. The average Bonchev–Trinajstić information content (AvgIpc) is 2.67. The van der Waals surface area contributed by atoms with Crippen molar-refractivity contribution in [2.45, 2.75) is 32.6 Å². The molecule has 146 valence electrons. The molecule has 2 rings (SSSR count). The van der Waals surface area contributed by atoms with Crippen molar-refractivity contribution < 1.29 is 9.66 Å². The molecule has 0 aliphatic rings. The molecular formula is C21H20Cl2N2O3. The summed E-state index contributed by atoms with van der Waals surface area (Å²) in [6.45, 7) is 2.69. The second kappa shape index (κ2) is 10.7. The van der Waals surface area contributed by atoms with Gasteiger partial charge in [0, 0.05) is 12.1 Å². The number of nitrogens with zero attached hydrogens (tertiary/aromatic N) is 2. The number of nitro groups is 1. The van der Waals surface area contributed by atoms with Crippen molar-refractivity contribution in [3.63, 3.8) is 0 Å². The van der Waals surface area contributed by atoms with Crippen LogP contribution in [-0.2, 0) is 0 Å². The summed E-state index contributed by atoms with van der Waals surface area (Å²) in [7, 11) is 0. The van der Waals surface area contributed by atoms with Crippen molar-refractivity contribution in [3.05, 3.63) is 67.7 Å². The molecule has 0 radical (unpaired) electrons. The van der Waals surface area contributed by atoms with Gasteiger partial charge in [-0.1, -0.05) is 49.4 Å². The molecule has 0 N–H and O–H groups in total. The molecule has 0 saturated heterocycles. The van der Waals surface area contributed by atoms with E-state index in [-0.39, 0.29) is 5.69 Å². The number of hydrogen-bond donors (Lipinski definition) is 0. The van der Waals surface area contributed by atoms with Crippen molar-refractivity contribution in [1.82, 2.24) is 0 Å².